The monoisotopic (exact) mass is 449 g/mol. The Morgan fingerprint density at radius 3 is 2.62 bits per heavy atom. The number of amides is 2. The van der Waals surface area contributed by atoms with Gasteiger partial charge in [-0.25, -0.2) is 0 Å². The van der Waals surface area contributed by atoms with Crippen LogP contribution in [-0.4, -0.2) is 41.9 Å². The van der Waals surface area contributed by atoms with Crippen molar-refractivity contribution in [2.24, 2.45) is 5.92 Å². The summed E-state index contributed by atoms with van der Waals surface area (Å²) in [4.78, 5) is 32.1. The molecule has 1 aromatic heterocycles. The van der Waals surface area contributed by atoms with E-state index in [9.17, 15) is 9.59 Å². The lowest BCUT2D eigenvalue weighted by atomic mass is 9.88. The molecular weight excluding hydrogens is 426 g/mol. The van der Waals surface area contributed by atoms with Crippen LogP contribution in [0.25, 0.3) is 0 Å². The Morgan fingerprint density at radius 2 is 1.88 bits per heavy atom. The van der Waals surface area contributed by atoms with Crippen molar-refractivity contribution in [2.75, 3.05) is 20.2 Å². The van der Waals surface area contributed by atoms with Gasteiger partial charge in [-0.15, -0.1) is 0 Å². The number of hydrogen-bond acceptors (Lipinski definition) is 4. The second-order valence-electron chi connectivity index (χ2n) is 7.78. The van der Waals surface area contributed by atoms with Gasteiger partial charge in [-0.1, -0.05) is 29.8 Å². The minimum atomic E-state index is -0.382. The van der Waals surface area contributed by atoms with Crippen LogP contribution in [0.1, 0.15) is 27.4 Å². The van der Waals surface area contributed by atoms with Crippen LogP contribution in [0.2, 0.25) is 5.02 Å². The van der Waals surface area contributed by atoms with E-state index >= 15 is 0 Å². The first-order valence-electron chi connectivity index (χ1n) is 10.4. The molecule has 3 aromatic rings. The minimum absolute atomic E-state index is 0.0870. The summed E-state index contributed by atoms with van der Waals surface area (Å²) in [7, 11) is 1.61. The molecule has 2 amide bonds. The molecule has 32 heavy (non-hydrogen) atoms. The summed E-state index contributed by atoms with van der Waals surface area (Å²) < 4.78 is 5.37. The van der Waals surface area contributed by atoms with Gasteiger partial charge >= 0.3 is 0 Å². The van der Waals surface area contributed by atoms with Crippen molar-refractivity contribution in [3.8, 4) is 5.75 Å². The Kier molecular flexibility index (Phi) is 6.71. The van der Waals surface area contributed by atoms with Gasteiger partial charge in [0, 0.05) is 48.5 Å². The average molecular weight is 450 g/mol. The van der Waals surface area contributed by atoms with E-state index in [-0.39, 0.29) is 23.7 Å². The van der Waals surface area contributed by atoms with Gasteiger partial charge in [0.05, 0.1) is 13.0 Å². The second-order valence-corrected chi connectivity index (χ2v) is 8.22. The third-order valence-electron chi connectivity index (χ3n) is 5.75. The fourth-order valence-electron chi connectivity index (χ4n) is 4.07. The van der Waals surface area contributed by atoms with Gasteiger partial charge in [0.25, 0.3) is 5.91 Å². The van der Waals surface area contributed by atoms with Gasteiger partial charge in [-0.2, -0.15) is 0 Å². The number of ether oxygens (including phenoxy) is 1. The molecule has 2 aromatic carbocycles. The largest absolute Gasteiger partial charge is 0.497 e. The number of aromatic nitrogens is 1. The predicted molar refractivity (Wildman–Crippen MR) is 123 cm³/mol. The van der Waals surface area contributed by atoms with Crippen LogP contribution in [0, 0.1) is 5.92 Å². The van der Waals surface area contributed by atoms with Crippen molar-refractivity contribution in [3.05, 3.63) is 94.8 Å². The first-order valence-corrected chi connectivity index (χ1v) is 10.8. The average Bonchev–Trinajstić information content (AvgIpc) is 3.28. The van der Waals surface area contributed by atoms with Crippen molar-refractivity contribution in [1.82, 2.24) is 15.2 Å². The minimum Gasteiger partial charge on any atom is -0.497 e. The van der Waals surface area contributed by atoms with E-state index in [2.05, 4.69) is 10.3 Å². The highest BCUT2D eigenvalue weighted by atomic mass is 35.5. The Labute approximate surface area is 192 Å². The summed E-state index contributed by atoms with van der Waals surface area (Å²) in [5.74, 6) is -0.0309. The van der Waals surface area contributed by atoms with E-state index in [0.29, 0.717) is 30.2 Å². The number of hydrogen-bond donors (Lipinski definition) is 1. The third kappa shape index (κ3) is 4.92. The normalized spacial score (nSPS) is 17.8. The fraction of sp³-hybridized carbons (Fsp3) is 0.240. The molecule has 1 aliphatic heterocycles. The maximum absolute atomic E-state index is 13.2. The Bertz CT molecular complexity index is 1110. The van der Waals surface area contributed by atoms with Crippen LogP contribution in [0.5, 0.6) is 5.75 Å². The highest BCUT2D eigenvalue weighted by molar-refractivity contribution is 6.30. The molecule has 1 saturated heterocycles. The van der Waals surface area contributed by atoms with Gasteiger partial charge in [0.1, 0.15) is 5.75 Å². The van der Waals surface area contributed by atoms with E-state index in [1.165, 1.54) is 0 Å². The number of nitrogens with one attached hydrogen (secondary N) is 1. The molecule has 0 spiro atoms. The van der Waals surface area contributed by atoms with Crippen LogP contribution >= 0.6 is 11.6 Å². The zero-order chi connectivity index (χ0) is 22.5. The van der Waals surface area contributed by atoms with Crippen LogP contribution in [-0.2, 0) is 11.3 Å². The zero-order valence-electron chi connectivity index (χ0n) is 17.7. The molecule has 1 fully saturated rings. The van der Waals surface area contributed by atoms with Gasteiger partial charge in [0.15, 0.2) is 0 Å². The molecule has 7 heteroatoms. The topological polar surface area (TPSA) is 71.5 Å². The highest BCUT2D eigenvalue weighted by Gasteiger charge is 2.40. The van der Waals surface area contributed by atoms with Crippen LogP contribution in [0.4, 0.5) is 0 Å². The molecule has 0 saturated carbocycles. The SMILES string of the molecule is COc1cccc(C2CN(C(=O)c3cccc(Cl)c3)CC2C(=O)NCc2ccncc2)c1. The van der Waals surface area contributed by atoms with Crippen LogP contribution in [0.3, 0.4) is 0 Å². The summed E-state index contributed by atoms with van der Waals surface area (Å²) >= 11 is 6.08. The van der Waals surface area contributed by atoms with Gasteiger partial charge < -0.3 is 15.0 Å². The first-order chi connectivity index (χ1) is 15.5. The maximum Gasteiger partial charge on any atom is 0.253 e. The standard InChI is InChI=1S/C25H24ClN3O3/c1-32-21-7-3-4-18(13-21)22-15-29(25(31)19-5-2-6-20(26)12-19)16-23(22)24(30)28-14-17-8-10-27-11-9-17/h2-13,22-23H,14-16H2,1H3,(H,28,30). The molecule has 4 rings (SSSR count). The van der Waals surface area contributed by atoms with E-state index in [0.717, 1.165) is 16.9 Å². The van der Waals surface area contributed by atoms with E-state index in [1.54, 1.807) is 48.7 Å². The molecule has 164 valence electrons. The maximum atomic E-state index is 13.2. The Morgan fingerprint density at radius 1 is 1.09 bits per heavy atom. The Balaban J connectivity index is 1.57. The van der Waals surface area contributed by atoms with Gasteiger partial charge in [-0.05, 0) is 53.6 Å². The molecule has 2 heterocycles. The van der Waals surface area contributed by atoms with Crippen LogP contribution < -0.4 is 10.1 Å². The van der Waals surface area contributed by atoms with Crippen molar-refractivity contribution in [1.29, 1.82) is 0 Å². The summed E-state index contributed by atoms with van der Waals surface area (Å²) in [6.07, 6.45) is 3.39. The lowest BCUT2D eigenvalue weighted by Crippen LogP contribution is -2.35. The van der Waals surface area contributed by atoms with Gasteiger partial charge in [-0.3, -0.25) is 14.6 Å². The number of benzene rings is 2. The van der Waals surface area contributed by atoms with Crippen molar-refractivity contribution >= 4 is 23.4 Å². The van der Waals surface area contributed by atoms with Crippen molar-refractivity contribution < 1.29 is 14.3 Å². The molecule has 1 N–H and O–H groups in total. The lowest BCUT2D eigenvalue weighted by molar-refractivity contribution is -0.125. The van der Waals surface area contributed by atoms with E-state index in [1.807, 2.05) is 36.4 Å². The smallest absolute Gasteiger partial charge is 0.253 e. The predicted octanol–water partition coefficient (Wildman–Crippen LogP) is 3.92. The second kappa shape index (κ2) is 9.83. The number of methoxy groups -OCH3 is 1. The number of pyridine rings is 1. The first kappa shape index (κ1) is 21.8. The number of carbonyl (C=O) groups is 2. The van der Waals surface area contributed by atoms with Crippen molar-refractivity contribution in [3.63, 3.8) is 0 Å². The number of carbonyl (C=O) groups excluding carboxylic acids is 2. The van der Waals surface area contributed by atoms with E-state index < -0.39 is 0 Å². The molecular formula is C25H24ClN3O3. The number of nitrogens with zero attached hydrogens (tertiary/aromatic N) is 2. The Hall–Kier alpha value is -3.38. The van der Waals surface area contributed by atoms with E-state index in [4.69, 9.17) is 16.3 Å². The fourth-order valence-corrected chi connectivity index (χ4v) is 4.26. The van der Waals surface area contributed by atoms with Crippen molar-refractivity contribution in [2.45, 2.75) is 12.5 Å². The summed E-state index contributed by atoms with van der Waals surface area (Å²) in [5.41, 5.74) is 2.45. The number of halogens is 1. The molecule has 6 nitrogen and oxygen atoms in total. The summed E-state index contributed by atoms with van der Waals surface area (Å²) in [6.45, 7) is 1.17. The third-order valence-corrected chi connectivity index (χ3v) is 5.99. The number of likely N-dealkylation sites (tertiary alicyclic amines) is 1. The summed E-state index contributed by atoms with van der Waals surface area (Å²) in [5, 5.41) is 3.53. The molecule has 0 aliphatic carbocycles. The summed E-state index contributed by atoms with van der Waals surface area (Å²) in [6, 6.07) is 18.3. The molecule has 1 aliphatic rings. The highest BCUT2D eigenvalue weighted by Crippen LogP contribution is 2.35. The lowest BCUT2D eigenvalue weighted by Gasteiger charge is -2.18. The molecule has 0 radical (unpaired) electrons. The molecule has 2 atom stereocenters. The van der Waals surface area contributed by atoms with Gasteiger partial charge in [0.2, 0.25) is 5.91 Å². The van der Waals surface area contributed by atoms with Crippen LogP contribution in [0.15, 0.2) is 73.1 Å². The quantitative estimate of drug-likeness (QED) is 0.619. The zero-order valence-corrected chi connectivity index (χ0v) is 18.5. The molecule has 0 bridgehead atoms. The number of rotatable bonds is 6. The molecule has 2 unspecified atom stereocenters.